The zero-order valence-electron chi connectivity index (χ0n) is 13.5. The highest BCUT2D eigenvalue weighted by molar-refractivity contribution is 7.13. The number of nitrogens with two attached hydrogens (primary N) is 1. The van der Waals surface area contributed by atoms with E-state index in [1.807, 2.05) is 10.3 Å². The zero-order valence-corrected chi connectivity index (χ0v) is 14.3. The second kappa shape index (κ2) is 7.59. The highest BCUT2D eigenvalue weighted by Gasteiger charge is 2.31. The van der Waals surface area contributed by atoms with E-state index in [9.17, 15) is 9.90 Å². The Bertz CT molecular complexity index is 528. The van der Waals surface area contributed by atoms with Crippen molar-refractivity contribution >= 4 is 22.4 Å². The number of carbonyl (C=O) groups is 1. The summed E-state index contributed by atoms with van der Waals surface area (Å²) in [5.74, 6) is 0.195. The number of nitrogens with zero attached hydrogens (tertiary/aromatic N) is 3. The number of piperazine rings is 1. The molecule has 2 heterocycles. The third kappa shape index (κ3) is 4.22. The molecule has 0 bridgehead atoms. The number of aromatic nitrogens is 1. The van der Waals surface area contributed by atoms with Gasteiger partial charge in [-0.2, -0.15) is 0 Å². The Kier molecular flexibility index (Phi) is 5.50. The smallest absolute Gasteiger partial charge is 0.223 e. The van der Waals surface area contributed by atoms with Gasteiger partial charge in [0.1, 0.15) is 0 Å². The van der Waals surface area contributed by atoms with Gasteiger partial charge in [-0.25, -0.2) is 4.98 Å². The quantitative estimate of drug-likeness (QED) is 0.859. The molecule has 128 valence electrons. The maximum Gasteiger partial charge on any atom is 0.223 e. The SMILES string of the molecule is Nc1nc(CCC(=O)N2CCN([C@@H]3CCCC[C@H]3O)CC2)cs1. The van der Waals surface area contributed by atoms with Crippen LogP contribution in [0.5, 0.6) is 0 Å². The molecule has 2 atom stereocenters. The van der Waals surface area contributed by atoms with E-state index in [2.05, 4.69) is 9.88 Å². The number of anilines is 1. The first-order valence-corrected chi connectivity index (χ1v) is 9.41. The summed E-state index contributed by atoms with van der Waals surface area (Å²) in [6, 6.07) is 0.291. The van der Waals surface area contributed by atoms with Gasteiger partial charge >= 0.3 is 0 Å². The molecule has 1 aliphatic carbocycles. The van der Waals surface area contributed by atoms with Crippen LogP contribution in [0.3, 0.4) is 0 Å². The summed E-state index contributed by atoms with van der Waals surface area (Å²) in [4.78, 5) is 20.8. The van der Waals surface area contributed by atoms with Crippen LogP contribution >= 0.6 is 11.3 Å². The van der Waals surface area contributed by atoms with E-state index < -0.39 is 0 Å². The van der Waals surface area contributed by atoms with Crippen molar-refractivity contribution in [2.24, 2.45) is 0 Å². The summed E-state index contributed by atoms with van der Waals surface area (Å²) < 4.78 is 0. The van der Waals surface area contributed by atoms with Gasteiger partial charge in [0.2, 0.25) is 5.91 Å². The summed E-state index contributed by atoms with van der Waals surface area (Å²) >= 11 is 1.42. The van der Waals surface area contributed by atoms with Crippen LogP contribution in [0.2, 0.25) is 0 Å². The number of hydrogen-bond donors (Lipinski definition) is 2. The van der Waals surface area contributed by atoms with Crippen LogP contribution in [0.1, 0.15) is 37.8 Å². The van der Waals surface area contributed by atoms with Gasteiger partial charge in [0, 0.05) is 44.0 Å². The molecular formula is C16H26N4O2S. The molecule has 1 aromatic heterocycles. The van der Waals surface area contributed by atoms with Crippen molar-refractivity contribution < 1.29 is 9.90 Å². The minimum Gasteiger partial charge on any atom is -0.391 e. The summed E-state index contributed by atoms with van der Waals surface area (Å²) in [6.45, 7) is 3.27. The van der Waals surface area contributed by atoms with Crippen molar-refractivity contribution in [1.29, 1.82) is 0 Å². The Hall–Kier alpha value is -1.18. The van der Waals surface area contributed by atoms with Gasteiger partial charge in [-0.15, -0.1) is 11.3 Å². The van der Waals surface area contributed by atoms with E-state index >= 15 is 0 Å². The fraction of sp³-hybridized carbons (Fsp3) is 0.750. The molecule has 2 fully saturated rings. The normalized spacial score (nSPS) is 26.4. The highest BCUT2D eigenvalue weighted by Crippen LogP contribution is 2.24. The molecule has 23 heavy (non-hydrogen) atoms. The molecule has 0 spiro atoms. The number of rotatable bonds is 4. The summed E-state index contributed by atoms with van der Waals surface area (Å²) in [5, 5.41) is 12.7. The molecule has 1 saturated carbocycles. The fourth-order valence-electron chi connectivity index (χ4n) is 3.65. The van der Waals surface area contributed by atoms with Crippen molar-refractivity contribution in [1.82, 2.24) is 14.8 Å². The maximum absolute atomic E-state index is 12.3. The van der Waals surface area contributed by atoms with Crippen LogP contribution in [0.4, 0.5) is 5.13 Å². The molecule has 1 saturated heterocycles. The molecule has 0 unspecified atom stereocenters. The first-order valence-electron chi connectivity index (χ1n) is 8.53. The number of aryl methyl sites for hydroxylation is 1. The number of carbonyl (C=O) groups excluding carboxylic acids is 1. The Labute approximate surface area is 141 Å². The average Bonchev–Trinajstić information content (AvgIpc) is 2.99. The summed E-state index contributed by atoms with van der Waals surface area (Å²) in [6.07, 6.45) is 5.31. The maximum atomic E-state index is 12.3. The second-order valence-electron chi connectivity index (χ2n) is 6.51. The lowest BCUT2D eigenvalue weighted by Gasteiger charge is -2.42. The Morgan fingerprint density at radius 1 is 1.30 bits per heavy atom. The topological polar surface area (TPSA) is 82.7 Å². The largest absolute Gasteiger partial charge is 0.391 e. The van der Waals surface area contributed by atoms with Gasteiger partial charge in [-0.05, 0) is 19.3 Å². The van der Waals surface area contributed by atoms with E-state index in [1.54, 1.807) is 0 Å². The second-order valence-corrected chi connectivity index (χ2v) is 7.40. The zero-order chi connectivity index (χ0) is 16.2. The van der Waals surface area contributed by atoms with Crippen LogP contribution in [-0.2, 0) is 11.2 Å². The van der Waals surface area contributed by atoms with Crippen LogP contribution < -0.4 is 5.73 Å². The first kappa shape index (κ1) is 16.7. The van der Waals surface area contributed by atoms with Crippen molar-refractivity contribution in [3.63, 3.8) is 0 Å². The molecule has 2 aliphatic rings. The fourth-order valence-corrected chi connectivity index (χ4v) is 4.25. The van der Waals surface area contributed by atoms with Crippen molar-refractivity contribution in [3.8, 4) is 0 Å². The number of aliphatic hydroxyl groups is 1. The van der Waals surface area contributed by atoms with Gasteiger partial charge in [-0.1, -0.05) is 12.8 Å². The van der Waals surface area contributed by atoms with Crippen LogP contribution in [0.25, 0.3) is 0 Å². The number of nitrogen functional groups attached to an aromatic ring is 1. The van der Waals surface area contributed by atoms with Crippen molar-refractivity contribution in [2.75, 3.05) is 31.9 Å². The number of aliphatic hydroxyl groups excluding tert-OH is 1. The monoisotopic (exact) mass is 338 g/mol. The molecule has 1 amide bonds. The number of amides is 1. The third-order valence-electron chi connectivity index (χ3n) is 4.99. The van der Waals surface area contributed by atoms with Gasteiger partial charge in [0.05, 0.1) is 11.8 Å². The predicted molar refractivity (Wildman–Crippen MR) is 91.3 cm³/mol. The summed E-state index contributed by atoms with van der Waals surface area (Å²) in [5.41, 5.74) is 6.52. The van der Waals surface area contributed by atoms with E-state index in [0.717, 1.165) is 51.1 Å². The van der Waals surface area contributed by atoms with Gasteiger partial charge in [-0.3, -0.25) is 9.69 Å². The van der Waals surface area contributed by atoms with Crippen LogP contribution in [-0.4, -0.2) is 64.1 Å². The molecule has 7 heteroatoms. The molecule has 3 rings (SSSR count). The minimum atomic E-state index is -0.193. The van der Waals surface area contributed by atoms with Gasteiger partial charge < -0.3 is 15.7 Å². The molecule has 6 nitrogen and oxygen atoms in total. The van der Waals surface area contributed by atoms with Crippen LogP contribution in [0, 0.1) is 0 Å². The molecule has 1 aromatic rings. The average molecular weight is 338 g/mol. The standard InChI is InChI=1S/C16H26N4O2S/c17-16-18-12(11-23-16)5-6-15(22)20-9-7-19(8-10-20)13-3-1-2-4-14(13)21/h11,13-14,21H,1-10H2,(H2,17,18)/t13-,14-/m1/s1. The lowest BCUT2D eigenvalue weighted by Crippen LogP contribution is -2.55. The van der Waals surface area contributed by atoms with E-state index in [-0.39, 0.29) is 12.0 Å². The van der Waals surface area contributed by atoms with E-state index in [1.165, 1.54) is 17.8 Å². The lowest BCUT2D eigenvalue weighted by molar-refractivity contribution is -0.133. The van der Waals surface area contributed by atoms with Crippen molar-refractivity contribution in [2.45, 2.75) is 50.7 Å². The van der Waals surface area contributed by atoms with E-state index in [4.69, 9.17) is 5.73 Å². The molecule has 0 radical (unpaired) electrons. The Balaban J connectivity index is 1.43. The first-order chi connectivity index (χ1) is 11.1. The van der Waals surface area contributed by atoms with Crippen LogP contribution in [0.15, 0.2) is 5.38 Å². The molecular weight excluding hydrogens is 312 g/mol. The Morgan fingerprint density at radius 3 is 2.70 bits per heavy atom. The number of hydrogen-bond acceptors (Lipinski definition) is 6. The lowest BCUT2D eigenvalue weighted by atomic mass is 9.91. The van der Waals surface area contributed by atoms with Crippen molar-refractivity contribution in [3.05, 3.63) is 11.1 Å². The predicted octanol–water partition coefficient (Wildman–Crippen LogP) is 1.11. The summed E-state index contributed by atoms with van der Waals surface area (Å²) in [7, 11) is 0. The van der Waals surface area contributed by atoms with Gasteiger partial charge in [0.15, 0.2) is 5.13 Å². The van der Waals surface area contributed by atoms with Gasteiger partial charge in [0.25, 0.3) is 0 Å². The third-order valence-corrected chi connectivity index (χ3v) is 5.72. The number of thiazole rings is 1. The minimum absolute atomic E-state index is 0.193. The molecule has 0 aromatic carbocycles. The van der Waals surface area contributed by atoms with E-state index in [0.29, 0.717) is 24.0 Å². The molecule has 1 aliphatic heterocycles. The highest BCUT2D eigenvalue weighted by atomic mass is 32.1. The Morgan fingerprint density at radius 2 is 2.04 bits per heavy atom. The molecule has 3 N–H and O–H groups in total.